The SMILES string of the molecule is c1ccc(C2c3cc4c(cc3B3c5ccccc5Sc5cc(N6c7ccccc7Oc7ccccc76)cc2c53)B2c3cccc5c3N(c3ccccc3O5)c3cc(N5c6ccccc6Oc6ccccc65)cc(c32)N4c2ccccc2)cc1. The lowest BCUT2D eigenvalue weighted by molar-refractivity contribution is 0.476. The molecule has 0 saturated carbocycles. The number of fused-ring (bicyclic) bond motifs is 14. The highest BCUT2D eigenvalue weighted by atomic mass is 32.2. The Morgan fingerprint density at radius 3 is 1.39 bits per heavy atom. The number of para-hydroxylation sites is 12. The smallest absolute Gasteiger partial charge is 0.252 e. The lowest BCUT2D eigenvalue weighted by Crippen LogP contribution is -2.65. The molecule has 0 radical (unpaired) electrons. The van der Waals surface area contributed by atoms with Crippen LogP contribution in [0.25, 0.3) is 0 Å². The van der Waals surface area contributed by atoms with Gasteiger partial charge in [-0.3, -0.25) is 0 Å². The summed E-state index contributed by atoms with van der Waals surface area (Å²) in [5.41, 5.74) is 24.2. The number of anilines is 12. The first kappa shape index (κ1) is 45.4. The van der Waals surface area contributed by atoms with Crippen LogP contribution in [0, 0.1) is 0 Å². The summed E-state index contributed by atoms with van der Waals surface area (Å²) in [6.07, 6.45) is 0. The van der Waals surface area contributed by atoms with Gasteiger partial charge in [-0.05, 0) is 148 Å². The van der Waals surface area contributed by atoms with E-state index in [0.29, 0.717) is 0 Å². The average molecular weight is 1080 g/mol. The highest BCUT2D eigenvalue weighted by Crippen LogP contribution is 2.58. The molecule has 0 spiro atoms. The van der Waals surface area contributed by atoms with Crippen LogP contribution in [0.3, 0.4) is 0 Å². The van der Waals surface area contributed by atoms with Gasteiger partial charge in [0.15, 0.2) is 34.5 Å². The number of nitrogens with zero attached hydrogens (tertiary/aromatic N) is 4. The van der Waals surface area contributed by atoms with Crippen LogP contribution in [0.1, 0.15) is 22.6 Å². The van der Waals surface area contributed by atoms with Crippen molar-refractivity contribution in [2.24, 2.45) is 0 Å². The molecule has 12 aromatic carbocycles. The van der Waals surface area contributed by atoms with Crippen molar-refractivity contribution in [2.45, 2.75) is 15.7 Å². The van der Waals surface area contributed by atoms with E-state index in [9.17, 15) is 0 Å². The van der Waals surface area contributed by atoms with Crippen LogP contribution in [0.2, 0.25) is 0 Å². The maximum absolute atomic E-state index is 6.99. The topological polar surface area (TPSA) is 40.6 Å². The van der Waals surface area contributed by atoms with Crippen LogP contribution >= 0.6 is 11.8 Å². The molecule has 0 aliphatic carbocycles. The Morgan fingerprint density at radius 1 is 0.289 bits per heavy atom. The summed E-state index contributed by atoms with van der Waals surface area (Å²) < 4.78 is 20.3. The third-order valence-corrected chi connectivity index (χ3v) is 19.1. The monoisotopic (exact) mass is 1080 g/mol. The van der Waals surface area contributed by atoms with Crippen LogP contribution in [0.4, 0.5) is 68.2 Å². The summed E-state index contributed by atoms with van der Waals surface area (Å²) in [7, 11) is 0. The fourth-order valence-electron chi connectivity index (χ4n) is 14.7. The quantitative estimate of drug-likeness (QED) is 0.162. The van der Waals surface area contributed by atoms with Gasteiger partial charge in [-0.1, -0.05) is 174 Å². The average Bonchev–Trinajstić information content (AvgIpc) is 1.98. The van der Waals surface area contributed by atoms with Gasteiger partial charge in [0.2, 0.25) is 6.71 Å². The van der Waals surface area contributed by atoms with Crippen molar-refractivity contribution in [1.82, 2.24) is 0 Å². The van der Waals surface area contributed by atoms with Gasteiger partial charge < -0.3 is 33.8 Å². The first-order chi connectivity index (χ1) is 41.2. The second-order valence-corrected chi connectivity index (χ2v) is 23.3. The fraction of sp³-hybridized carbons (Fsp3) is 0.0137. The van der Waals surface area contributed by atoms with E-state index in [2.05, 4.69) is 280 Å². The third kappa shape index (κ3) is 6.38. The Morgan fingerprint density at radius 2 is 0.759 bits per heavy atom. The number of ether oxygens (including phenoxy) is 3. The minimum atomic E-state index is -0.174. The molecule has 10 heteroatoms. The summed E-state index contributed by atoms with van der Waals surface area (Å²) in [5.74, 6) is 4.81. The molecule has 7 aliphatic rings. The van der Waals surface area contributed by atoms with Gasteiger partial charge in [0, 0.05) is 44.1 Å². The van der Waals surface area contributed by atoms with Gasteiger partial charge in [-0.15, -0.1) is 0 Å². The molecule has 0 bridgehead atoms. The van der Waals surface area contributed by atoms with Crippen LogP contribution in [-0.4, -0.2) is 13.4 Å². The lowest BCUT2D eigenvalue weighted by Gasteiger charge is -2.47. The Kier molecular flexibility index (Phi) is 9.38. The Balaban J connectivity index is 0.920. The second-order valence-electron chi connectivity index (χ2n) is 22.3. The minimum Gasteiger partial charge on any atom is -0.453 e. The summed E-state index contributed by atoms with van der Waals surface area (Å²) in [6, 6.07) is 95.3. The number of hydrogen-bond acceptors (Lipinski definition) is 8. The Hall–Kier alpha value is -10.3. The molecule has 7 nitrogen and oxygen atoms in total. The number of rotatable bonds is 4. The molecule has 19 rings (SSSR count). The van der Waals surface area contributed by atoms with Gasteiger partial charge in [0.25, 0.3) is 6.71 Å². The van der Waals surface area contributed by atoms with Gasteiger partial charge in [0.1, 0.15) is 0 Å². The predicted octanol–water partition coefficient (Wildman–Crippen LogP) is 15.5. The van der Waals surface area contributed by atoms with E-state index in [1.165, 1.54) is 59.3 Å². The fourth-order valence-corrected chi connectivity index (χ4v) is 15.9. The molecule has 1 unspecified atom stereocenters. The van der Waals surface area contributed by atoms with Crippen molar-refractivity contribution in [3.8, 4) is 34.5 Å². The zero-order chi connectivity index (χ0) is 54.0. The van der Waals surface area contributed by atoms with Crippen molar-refractivity contribution in [3.63, 3.8) is 0 Å². The standard InChI is InChI=1S/C73H44B2N4O3S/c1-3-20-44(21-4-1)70-48-42-59-53(43-52(48)74-50-24-7-18-37-68(50)83-69-41-46(38-49(70)71(69)74)77-54-26-8-13-31-62(54)80-63-32-14-9-27-55(63)77)75-51-25-19-36-67-73(51)79(58-30-12-17-35-66(58)82-67)61-40-47(39-60(72(61)75)76(59)45-22-5-2-6-23-45)78-56-28-10-15-33-64(56)81-65-34-16-11-29-57(65)78/h1-43,70H. The molecular formula is C73H44B2N4O3S. The predicted molar refractivity (Wildman–Crippen MR) is 339 cm³/mol. The second kappa shape index (κ2) is 17.1. The number of benzene rings is 12. The van der Waals surface area contributed by atoms with Crippen molar-refractivity contribution in [3.05, 3.63) is 278 Å². The van der Waals surface area contributed by atoms with Gasteiger partial charge in [0.05, 0.1) is 39.8 Å². The largest absolute Gasteiger partial charge is 0.453 e. The summed E-state index contributed by atoms with van der Waals surface area (Å²) >= 11 is 1.90. The maximum atomic E-state index is 6.99. The van der Waals surface area contributed by atoms with Crippen LogP contribution < -0.4 is 66.6 Å². The van der Waals surface area contributed by atoms with E-state index < -0.39 is 0 Å². The van der Waals surface area contributed by atoms with Crippen LogP contribution in [0.5, 0.6) is 34.5 Å². The zero-order valence-corrected chi connectivity index (χ0v) is 45.3. The maximum Gasteiger partial charge on any atom is 0.252 e. The summed E-state index contributed by atoms with van der Waals surface area (Å²) in [4.78, 5) is 12.4. The third-order valence-electron chi connectivity index (χ3n) is 17.9. The Labute approximate surface area is 485 Å². The van der Waals surface area contributed by atoms with Crippen molar-refractivity contribution < 1.29 is 14.2 Å². The summed E-state index contributed by atoms with van der Waals surface area (Å²) in [6.45, 7) is -0.224. The first-order valence-electron chi connectivity index (χ1n) is 28.4. The molecule has 0 N–H and O–H groups in total. The van der Waals surface area contributed by atoms with E-state index in [0.717, 1.165) is 103 Å². The number of hydrogen-bond donors (Lipinski definition) is 0. The lowest BCUT2D eigenvalue weighted by atomic mass is 9.29. The van der Waals surface area contributed by atoms with E-state index in [1.54, 1.807) is 0 Å². The molecular weight excluding hydrogens is 1030 g/mol. The van der Waals surface area contributed by atoms with Crippen LogP contribution in [0.15, 0.2) is 271 Å². The molecule has 7 heterocycles. The molecule has 0 amide bonds. The first-order valence-corrected chi connectivity index (χ1v) is 29.2. The van der Waals surface area contributed by atoms with Gasteiger partial charge in [-0.2, -0.15) is 0 Å². The zero-order valence-electron chi connectivity index (χ0n) is 44.5. The van der Waals surface area contributed by atoms with Gasteiger partial charge >= 0.3 is 0 Å². The minimum absolute atomic E-state index is 0.0501. The highest BCUT2D eigenvalue weighted by molar-refractivity contribution is 8.00. The Bertz CT molecular complexity index is 4700. The van der Waals surface area contributed by atoms with E-state index in [4.69, 9.17) is 14.2 Å². The molecule has 0 fully saturated rings. The molecule has 0 saturated heterocycles. The van der Waals surface area contributed by atoms with Crippen molar-refractivity contribution in [2.75, 3.05) is 19.6 Å². The normalized spacial score (nSPS) is 15.2. The van der Waals surface area contributed by atoms with E-state index in [1.807, 2.05) is 11.8 Å². The summed E-state index contributed by atoms with van der Waals surface area (Å²) in [5, 5.41) is 0. The van der Waals surface area contributed by atoms with Crippen LogP contribution in [-0.2, 0) is 0 Å². The molecule has 386 valence electrons. The van der Waals surface area contributed by atoms with E-state index in [-0.39, 0.29) is 19.3 Å². The highest BCUT2D eigenvalue weighted by Gasteiger charge is 2.50. The van der Waals surface area contributed by atoms with E-state index >= 15 is 0 Å². The molecule has 0 aromatic heterocycles. The molecule has 83 heavy (non-hydrogen) atoms. The molecule has 1 atom stereocenters. The van der Waals surface area contributed by atoms with Crippen molar-refractivity contribution >= 4 is 126 Å². The molecule has 12 aromatic rings. The van der Waals surface area contributed by atoms with Crippen molar-refractivity contribution in [1.29, 1.82) is 0 Å². The van der Waals surface area contributed by atoms with Gasteiger partial charge in [-0.25, -0.2) is 0 Å². The molecule has 7 aliphatic heterocycles.